The van der Waals surface area contributed by atoms with Crippen molar-refractivity contribution in [1.82, 2.24) is 0 Å². The highest BCUT2D eigenvalue weighted by atomic mass is 32.2. The molecule has 0 fully saturated rings. The van der Waals surface area contributed by atoms with E-state index >= 15 is 0 Å². The van der Waals surface area contributed by atoms with Gasteiger partial charge in [0.25, 0.3) is 0 Å². The number of aliphatic imine (C=N–C) groups is 1. The second-order valence-electron chi connectivity index (χ2n) is 3.54. The van der Waals surface area contributed by atoms with Gasteiger partial charge >= 0.3 is 0 Å². The summed E-state index contributed by atoms with van der Waals surface area (Å²) >= 11 is 1.56. The van der Waals surface area contributed by atoms with Crippen molar-refractivity contribution in [3.8, 4) is 0 Å². The molecule has 0 saturated heterocycles. The first-order valence-electron chi connectivity index (χ1n) is 5.13. The average Bonchev–Trinajstić information content (AvgIpc) is 2.68. The third-order valence-electron chi connectivity index (χ3n) is 2.55. The van der Waals surface area contributed by atoms with Crippen LogP contribution in [0.25, 0.3) is 0 Å². The van der Waals surface area contributed by atoms with Crippen LogP contribution in [0.5, 0.6) is 0 Å². The van der Waals surface area contributed by atoms with E-state index in [-0.39, 0.29) is 6.23 Å². The molecular weight excluding hydrogens is 222 g/mol. The summed E-state index contributed by atoms with van der Waals surface area (Å²) in [5.41, 5.74) is 0.981. The van der Waals surface area contributed by atoms with Crippen LogP contribution >= 0.6 is 11.8 Å². The molecule has 4 heteroatoms. The minimum atomic E-state index is -0.819. The highest BCUT2D eigenvalue weighted by Gasteiger charge is 2.45. The largest absolute Gasteiger partial charge is 0.344 e. The molecule has 0 aromatic heterocycles. The number of methoxy groups -OCH3 is 1. The van der Waals surface area contributed by atoms with Crippen LogP contribution in [0.1, 0.15) is 12.5 Å². The van der Waals surface area contributed by atoms with E-state index in [9.17, 15) is 0 Å². The summed E-state index contributed by atoms with van der Waals surface area (Å²) in [6, 6.07) is 9.91. The van der Waals surface area contributed by atoms with Crippen molar-refractivity contribution < 1.29 is 9.47 Å². The zero-order valence-electron chi connectivity index (χ0n) is 9.64. The van der Waals surface area contributed by atoms with Crippen molar-refractivity contribution in [3.05, 3.63) is 35.9 Å². The van der Waals surface area contributed by atoms with Gasteiger partial charge in [-0.25, -0.2) is 4.99 Å². The molecule has 0 N–H and O–H groups in total. The zero-order valence-corrected chi connectivity index (χ0v) is 10.5. The van der Waals surface area contributed by atoms with Gasteiger partial charge in [0, 0.05) is 12.7 Å². The lowest BCUT2D eigenvalue weighted by Gasteiger charge is -2.28. The Labute approximate surface area is 99.9 Å². The molecule has 2 unspecified atom stereocenters. The fourth-order valence-electron chi connectivity index (χ4n) is 1.86. The van der Waals surface area contributed by atoms with Crippen molar-refractivity contribution in [1.29, 1.82) is 0 Å². The molecule has 86 valence electrons. The molecule has 0 radical (unpaired) electrons. The Bertz CT molecular complexity index is 393. The maximum Gasteiger partial charge on any atom is 0.247 e. The molecule has 0 saturated carbocycles. The average molecular weight is 237 g/mol. The third-order valence-corrected chi connectivity index (χ3v) is 3.31. The summed E-state index contributed by atoms with van der Waals surface area (Å²) in [7, 11) is 1.65. The Morgan fingerprint density at radius 1 is 1.38 bits per heavy atom. The van der Waals surface area contributed by atoms with Crippen LogP contribution in [0.15, 0.2) is 35.3 Å². The van der Waals surface area contributed by atoms with Gasteiger partial charge in [-0.3, -0.25) is 0 Å². The Kier molecular flexibility index (Phi) is 3.33. The van der Waals surface area contributed by atoms with Gasteiger partial charge < -0.3 is 9.47 Å². The summed E-state index contributed by atoms with van der Waals surface area (Å²) in [6.45, 7) is 1.92. The van der Waals surface area contributed by atoms with Crippen LogP contribution in [0.2, 0.25) is 0 Å². The van der Waals surface area contributed by atoms with E-state index in [1.54, 1.807) is 18.9 Å². The van der Waals surface area contributed by atoms with Crippen LogP contribution in [0, 0.1) is 0 Å². The highest BCUT2D eigenvalue weighted by Crippen LogP contribution is 2.38. The molecule has 2 rings (SSSR count). The normalized spacial score (nSPS) is 29.2. The maximum absolute atomic E-state index is 5.84. The lowest BCUT2D eigenvalue weighted by Crippen LogP contribution is -2.36. The molecule has 1 aliphatic heterocycles. The van der Waals surface area contributed by atoms with Gasteiger partial charge in [0.2, 0.25) is 5.79 Å². The molecule has 1 aromatic carbocycles. The Morgan fingerprint density at radius 3 is 2.62 bits per heavy atom. The summed E-state index contributed by atoms with van der Waals surface area (Å²) in [5, 5.41) is 0.869. The van der Waals surface area contributed by atoms with E-state index in [2.05, 4.69) is 4.99 Å². The predicted octanol–water partition coefficient (Wildman–Crippen LogP) is 2.62. The molecule has 2 atom stereocenters. The number of ether oxygens (including phenoxy) is 2. The minimum Gasteiger partial charge on any atom is -0.344 e. The Hall–Kier alpha value is -0.840. The molecule has 0 bridgehead atoms. The molecule has 1 aliphatic rings. The SMILES string of the molecule is COC1(c2ccccc2)OC(C)N=C1SC. The van der Waals surface area contributed by atoms with Gasteiger partial charge in [-0.15, -0.1) is 11.8 Å². The van der Waals surface area contributed by atoms with Crippen LogP contribution < -0.4 is 0 Å². The lowest BCUT2D eigenvalue weighted by atomic mass is 10.1. The van der Waals surface area contributed by atoms with Crippen LogP contribution in [0.4, 0.5) is 0 Å². The Morgan fingerprint density at radius 2 is 2.06 bits per heavy atom. The molecule has 0 spiro atoms. The topological polar surface area (TPSA) is 30.8 Å². The van der Waals surface area contributed by atoms with Gasteiger partial charge in [-0.2, -0.15) is 0 Å². The highest BCUT2D eigenvalue weighted by molar-refractivity contribution is 8.13. The van der Waals surface area contributed by atoms with Crippen LogP contribution in [-0.4, -0.2) is 24.6 Å². The number of hydrogen-bond acceptors (Lipinski definition) is 4. The van der Waals surface area contributed by atoms with E-state index in [0.29, 0.717) is 0 Å². The Balaban J connectivity index is 2.45. The molecular formula is C12H15NO2S. The number of rotatable bonds is 2. The van der Waals surface area contributed by atoms with Crippen molar-refractivity contribution in [2.75, 3.05) is 13.4 Å². The van der Waals surface area contributed by atoms with E-state index in [1.165, 1.54) is 0 Å². The molecule has 1 aromatic rings. The van der Waals surface area contributed by atoms with E-state index in [0.717, 1.165) is 10.6 Å². The summed E-state index contributed by atoms with van der Waals surface area (Å²) in [4.78, 5) is 4.44. The van der Waals surface area contributed by atoms with Crippen molar-refractivity contribution in [2.45, 2.75) is 18.9 Å². The summed E-state index contributed by atoms with van der Waals surface area (Å²) in [6.07, 6.45) is 1.82. The fraction of sp³-hybridized carbons (Fsp3) is 0.417. The monoisotopic (exact) mass is 237 g/mol. The fourth-order valence-corrected chi connectivity index (χ4v) is 2.63. The molecule has 0 aliphatic carbocycles. The standard InChI is InChI=1S/C12H15NO2S/c1-9-13-11(16-3)12(14-2,15-9)10-7-5-4-6-8-10/h4-9H,1-3H3. The number of nitrogens with zero attached hydrogens (tertiary/aromatic N) is 1. The van der Waals surface area contributed by atoms with E-state index in [1.807, 2.05) is 43.5 Å². The van der Waals surface area contributed by atoms with Crippen LogP contribution in [-0.2, 0) is 15.3 Å². The van der Waals surface area contributed by atoms with Crippen LogP contribution in [0.3, 0.4) is 0 Å². The lowest BCUT2D eigenvalue weighted by molar-refractivity contribution is -0.185. The number of benzene rings is 1. The zero-order chi connectivity index (χ0) is 11.6. The number of thioether (sulfide) groups is 1. The van der Waals surface area contributed by atoms with Crippen molar-refractivity contribution in [3.63, 3.8) is 0 Å². The molecule has 0 amide bonds. The van der Waals surface area contributed by atoms with Gasteiger partial charge in [-0.05, 0) is 13.2 Å². The summed E-state index contributed by atoms with van der Waals surface area (Å²) < 4.78 is 11.4. The van der Waals surface area contributed by atoms with E-state index in [4.69, 9.17) is 9.47 Å². The predicted molar refractivity (Wildman–Crippen MR) is 66.6 cm³/mol. The maximum atomic E-state index is 5.84. The first-order chi connectivity index (χ1) is 7.73. The third kappa shape index (κ3) is 1.77. The second kappa shape index (κ2) is 4.57. The second-order valence-corrected chi connectivity index (χ2v) is 4.34. The first kappa shape index (κ1) is 11.6. The van der Waals surface area contributed by atoms with Gasteiger partial charge in [-0.1, -0.05) is 30.3 Å². The number of hydrogen-bond donors (Lipinski definition) is 0. The first-order valence-corrected chi connectivity index (χ1v) is 6.36. The smallest absolute Gasteiger partial charge is 0.247 e. The summed E-state index contributed by atoms with van der Waals surface area (Å²) in [5.74, 6) is -0.819. The molecule has 1 heterocycles. The molecule has 16 heavy (non-hydrogen) atoms. The van der Waals surface area contributed by atoms with Crippen molar-refractivity contribution >= 4 is 16.8 Å². The van der Waals surface area contributed by atoms with Gasteiger partial charge in [0.15, 0.2) is 6.23 Å². The minimum absolute atomic E-state index is 0.164. The van der Waals surface area contributed by atoms with Crippen molar-refractivity contribution in [2.24, 2.45) is 4.99 Å². The van der Waals surface area contributed by atoms with E-state index < -0.39 is 5.79 Å². The van der Waals surface area contributed by atoms with Gasteiger partial charge in [0.05, 0.1) is 0 Å². The molecule has 3 nitrogen and oxygen atoms in total. The van der Waals surface area contributed by atoms with Gasteiger partial charge in [0.1, 0.15) is 5.04 Å². The quantitative estimate of drug-likeness (QED) is 0.792.